The van der Waals surface area contributed by atoms with E-state index < -0.39 is 5.60 Å². The van der Waals surface area contributed by atoms with Crippen LogP contribution < -0.4 is 10.1 Å². The second-order valence-electron chi connectivity index (χ2n) is 5.35. The van der Waals surface area contributed by atoms with Gasteiger partial charge in [0.05, 0.1) is 18.8 Å². The molecule has 1 aromatic carbocycles. The smallest absolute Gasteiger partial charge is 0.169 e. The van der Waals surface area contributed by atoms with E-state index in [0.29, 0.717) is 12.2 Å². The van der Waals surface area contributed by atoms with Gasteiger partial charge in [-0.1, -0.05) is 26.0 Å². The zero-order valence-corrected chi connectivity index (χ0v) is 13.8. The van der Waals surface area contributed by atoms with Crippen molar-refractivity contribution in [1.82, 2.24) is 5.32 Å². The Bertz CT molecular complexity index is 439. The first-order chi connectivity index (χ1) is 10.0. The highest BCUT2D eigenvalue weighted by molar-refractivity contribution is 5.34. The number of ether oxygens (including phenoxy) is 2. The van der Waals surface area contributed by atoms with E-state index in [9.17, 15) is 4.39 Å². The van der Waals surface area contributed by atoms with Crippen LogP contribution in [-0.4, -0.2) is 25.9 Å². The highest BCUT2D eigenvalue weighted by Gasteiger charge is 2.36. The molecule has 0 saturated carbocycles. The molecule has 2 atom stereocenters. The van der Waals surface area contributed by atoms with Gasteiger partial charge in [-0.25, -0.2) is 4.39 Å². The van der Waals surface area contributed by atoms with Gasteiger partial charge in [0.15, 0.2) is 11.6 Å². The van der Waals surface area contributed by atoms with Crippen molar-refractivity contribution in [3.63, 3.8) is 0 Å². The molecular weight excluding hydrogens is 269 g/mol. The predicted octanol–water partition coefficient (Wildman–Crippen LogP) is 4.08. The van der Waals surface area contributed by atoms with Crippen molar-refractivity contribution >= 4 is 0 Å². The minimum absolute atomic E-state index is 0.211. The molecule has 0 amide bonds. The summed E-state index contributed by atoms with van der Waals surface area (Å²) >= 11 is 0. The summed E-state index contributed by atoms with van der Waals surface area (Å²) in [5.41, 5.74) is 0.137. The molecule has 0 aliphatic rings. The first-order valence-electron chi connectivity index (χ1n) is 7.73. The fraction of sp³-hybridized carbons (Fsp3) is 0.647. The van der Waals surface area contributed by atoms with E-state index >= 15 is 0 Å². The van der Waals surface area contributed by atoms with Gasteiger partial charge >= 0.3 is 0 Å². The first-order valence-corrected chi connectivity index (χ1v) is 7.73. The molecule has 0 aliphatic heterocycles. The van der Waals surface area contributed by atoms with Gasteiger partial charge < -0.3 is 14.8 Å². The van der Waals surface area contributed by atoms with Crippen molar-refractivity contribution in [2.75, 3.05) is 20.3 Å². The maximum absolute atomic E-state index is 14.6. The van der Waals surface area contributed by atoms with Gasteiger partial charge in [-0.3, -0.25) is 0 Å². The second kappa shape index (κ2) is 8.35. The largest absolute Gasteiger partial charge is 0.494 e. The predicted molar refractivity (Wildman–Crippen MR) is 84.3 cm³/mol. The number of nitrogens with one attached hydrogen (secondary N) is 1. The fourth-order valence-corrected chi connectivity index (χ4v) is 2.57. The average molecular weight is 297 g/mol. The van der Waals surface area contributed by atoms with Crippen LogP contribution >= 0.6 is 0 Å². The first kappa shape index (κ1) is 17.9. The lowest BCUT2D eigenvalue weighted by Crippen LogP contribution is -2.44. The number of rotatable bonds is 9. The molecule has 0 aromatic heterocycles. The fourth-order valence-electron chi connectivity index (χ4n) is 2.57. The quantitative estimate of drug-likeness (QED) is 0.745. The second-order valence-corrected chi connectivity index (χ2v) is 5.35. The van der Waals surface area contributed by atoms with Gasteiger partial charge in [-0.15, -0.1) is 0 Å². The van der Waals surface area contributed by atoms with Crippen molar-refractivity contribution < 1.29 is 13.9 Å². The maximum atomic E-state index is 14.6. The van der Waals surface area contributed by atoms with Crippen molar-refractivity contribution in [3.05, 3.63) is 29.6 Å². The summed E-state index contributed by atoms with van der Waals surface area (Å²) in [6.07, 6.45) is 1.77. The van der Waals surface area contributed by atoms with Crippen LogP contribution in [0.2, 0.25) is 0 Å². The molecule has 3 nitrogen and oxygen atoms in total. The van der Waals surface area contributed by atoms with Gasteiger partial charge in [-0.2, -0.15) is 0 Å². The van der Waals surface area contributed by atoms with Gasteiger partial charge in [-0.05, 0) is 39.3 Å². The van der Waals surface area contributed by atoms with Crippen molar-refractivity contribution in [3.8, 4) is 5.75 Å². The molecule has 4 heteroatoms. The van der Waals surface area contributed by atoms with E-state index in [1.807, 2.05) is 19.9 Å². The Morgan fingerprint density at radius 2 is 2.00 bits per heavy atom. The van der Waals surface area contributed by atoms with Crippen LogP contribution in [0.25, 0.3) is 0 Å². The number of methoxy groups -OCH3 is 1. The summed E-state index contributed by atoms with van der Waals surface area (Å²) in [7, 11) is 1.48. The molecule has 0 saturated heterocycles. The van der Waals surface area contributed by atoms with E-state index in [0.717, 1.165) is 19.4 Å². The molecular formula is C17H28FNO2. The van der Waals surface area contributed by atoms with E-state index in [-0.39, 0.29) is 17.6 Å². The SMILES string of the molecule is CCCNC(c1cccc(OC)c1F)C(C)(CC)OCC. The molecule has 21 heavy (non-hydrogen) atoms. The Morgan fingerprint density at radius 1 is 1.29 bits per heavy atom. The Kier molecular flexibility index (Phi) is 7.12. The average Bonchev–Trinajstić information content (AvgIpc) is 2.49. The van der Waals surface area contributed by atoms with Crippen molar-refractivity contribution in [1.29, 1.82) is 0 Å². The van der Waals surface area contributed by atoms with Gasteiger partial charge in [0.2, 0.25) is 0 Å². The monoisotopic (exact) mass is 297 g/mol. The van der Waals surface area contributed by atoms with Crippen LogP contribution in [0.1, 0.15) is 52.1 Å². The van der Waals surface area contributed by atoms with Crippen LogP contribution in [0.3, 0.4) is 0 Å². The minimum atomic E-state index is -0.461. The third kappa shape index (κ3) is 4.17. The minimum Gasteiger partial charge on any atom is -0.494 e. The molecule has 0 radical (unpaired) electrons. The zero-order valence-electron chi connectivity index (χ0n) is 13.8. The van der Waals surface area contributed by atoms with E-state index in [1.165, 1.54) is 7.11 Å². The summed E-state index contributed by atoms with van der Waals surface area (Å²) in [5.74, 6) is -0.0428. The van der Waals surface area contributed by atoms with Gasteiger partial charge in [0.25, 0.3) is 0 Å². The lowest BCUT2D eigenvalue weighted by Gasteiger charge is -2.38. The van der Waals surface area contributed by atoms with Crippen molar-refractivity contribution in [2.24, 2.45) is 0 Å². The molecule has 0 aliphatic carbocycles. The molecule has 1 aromatic rings. The Hall–Kier alpha value is -1.13. The lowest BCUT2D eigenvalue weighted by molar-refractivity contribution is -0.0570. The van der Waals surface area contributed by atoms with E-state index in [1.54, 1.807) is 12.1 Å². The summed E-state index contributed by atoms with van der Waals surface area (Å²) in [4.78, 5) is 0. The number of benzene rings is 1. The third-order valence-electron chi connectivity index (χ3n) is 3.91. The summed E-state index contributed by atoms with van der Waals surface area (Å²) < 4.78 is 25.7. The van der Waals surface area contributed by atoms with Crippen LogP contribution in [0, 0.1) is 5.82 Å². The topological polar surface area (TPSA) is 30.5 Å². The van der Waals surface area contributed by atoms with E-state index in [4.69, 9.17) is 9.47 Å². The third-order valence-corrected chi connectivity index (χ3v) is 3.91. The summed E-state index contributed by atoms with van der Waals surface area (Å²) in [6, 6.07) is 5.05. The summed E-state index contributed by atoms with van der Waals surface area (Å²) in [6.45, 7) is 9.56. The van der Waals surface area contributed by atoms with E-state index in [2.05, 4.69) is 19.2 Å². The molecule has 120 valence electrons. The van der Waals surface area contributed by atoms with Crippen LogP contribution in [0.5, 0.6) is 5.75 Å². The normalized spacial score (nSPS) is 15.5. The molecule has 0 spiro atoms. The molecule has 0 heterocycles. The molecule has 2 unspecified atom stereocenters. The van der Waals surface area contributed by atoms with Crippen LogP contribution in [0.15, 0.2) is 18.2 Å². The van der Waals surface area contributed by atoms with Crippen LogP contribution in [-0.2, 0) is 4.74 Å². The molecule has 1 rings (SSSR count). The van der Waals surface area contributed by atoms with Gasteiger partial charge in [0, 0.05) is 12.2 Å². The van der Waals surface area contributed by atoms with Crippen LogP contribution in [0.4, 0.5) is 4.39 Å². The highest BCUT2D eigenvalue weighted by Crippen LogP contribution is 2.35. The molecule has 0 bridgehead atoms. The standard InChI is InChI=1S/C17H28FNO2/c1-6-12-19-16(17(4,7-2)21-8-3)13-10-9-11-14(20-5)15(13)18/h9-11,16,19H,6-8,12H2,1-5H3. The summed E-state index contributed by atoms with van der Waals surface area (Å²) in [5, 5.41) is 3.43. The maximum Gasteiger partial charge on any atom is 0.169 e. The Morgan fingerprint density at radius 3 is 2.52 bits per heavy atom. The molecule has 1 N–H and O–H groups in total. The van der Waals surface area contributed by atoms with Gasteiger partial charge in [0.1, 0.15) is 0 Å². The van der Waals surface area contributed by atoms with Crippen molar-refractivity contribution in [2.45, 2.75) is 52.2 Å². The highest BCUT2D eigenvalue weighted by atomic mass is 19.1. The Balaban J connectivity index is 3.24. The number of halogens is 1. The lowest BCUT2D eigenvalue weighted by atomic mass is 9.87. The number of hydrogen-bond donors (Lipinski definition) is 1. The number of hydrogen-bond acceptors (Lipinski definition) is 3. The Labute approximate surface area is 127 Å². The zero-order chi connectivity index (χ0) is 15.9. The molecule has 0 fully saturated rings.